The molecule has 0 radical (unpaired) electrons. The minimum Gasteiger partial charge on any atom is -1.00 e. The van der Waals surface area contributed by atoms with E-state index in [-0.39, 0.29) is 35.5 Å². The number of halogens is 1. The zero-order valence-corrected chi connectivity index (χ0v) is 9.20. The monoisotopic (exact) mass is 172 g/mol. The van der Waals surface area contributed by atoms with Crippen molar-refractivity contribution in [2.75, 3.05) is 0 Å². The van der Waals surface area contributed by atoms with E-state index < -0.39 is 0 Å². The van der Waals surface area contributed by atoms with Crippen LogP contribution in [0.1, 0.15) is 45.4 Å². The maximum Gasteiger partial charge on any atom is 2.00 e. The van der Waals surface area contributed by atoms with Crippen LogP contribution in [0.4, 0.5) is 0 Å². The molecular weight excluding hydrogens is 156 g/mol. The van der Waals surface area contributed by atoms with Gasteiger partial charge in [0.15, 0.2) is 0 Å². The van der Waals surface area contributed by atoms with Gasteiger partial charge in [0.1, 0.15) is 0 Å². The molecule has 0 nitrogen and oxygen atoms in total. The van der Waals surface area contributed by atoms with Crippen LogP contribution in [-0.2, 0) is 0 Å². The van der Waals surface area contributed by atoms with E-state index in [1.807, 2.05) is 0 Å². The summed E-state index contributed by atoms with van der Waals surface area (Å²) >= 11 is 0. The molecular formula is C8H17ClMg. The average molecular weight is 173 g/mol. The molecule has 58 valence electrons. The Morgan fingerprint density at radius 2 is 1.50 bits per heavy atom. The average Bonchev–Trinajstić information content (AvgIpc) is 1.81. The van der Waals surface area contributed by atoms with Crippen LogP contribution >= 0.6 is 0 Å². The number of unbranched alkanes of at least 4 members (excludes halogenated alkanes) is 5. The third-order valence-corrected chi connectivity index (χ3v) is 1.35. The van der Waals surface area contributed by atoms with E-state index in [1.54, 1.807) is 0 Å². The standard InChI is InChI=1S/C8H17.ClH.Mg/c1-3-5-7-8-6-4-2;;/h1,3-8H2,2H3;1H;/q-1;;+2/p-1. The molecule has 0 saturated carbocycles. The van der Waals surface area contributed by atoms with Gasteiger partial charge >= 0.3 is 23.1 Å². The van der Waals surface area contributed by atoms with Gasteiger partial charge in [-0.3, -0.25) is 0 Å². The van der Waals surface area contributed by atoms with E-state index in [1.165, 1.54) is 32.1 Å². The molecule has 0 aromatic rings. The zero-order valence-electron chi connectivity index (χ0n) is 7.03. The summed E-state index contributed by atoms with van der Waals surface area (Å²) in [5, 5.41) is 0. The predicted octanol–water partition coefficient (Wildman–Crippen LogP) is -0.196. The molecule has 0 spiro atoms. The number of hydrogen-bond donors (Lipinski definition) is 0. The largest absolute Gasteiger partial charge is 2.00 e. The maximum atomic E-state index is 3.78. The summed E-state index contributed by atoms with van der Waals surface area (Å²) in [7, 11) is 0. The third kappa shape index (κ3) is 16.0. The Balaban J connectivity index is -0.000000245. The molecule has 0 atom stereocenters. The van der Waals surface area contributed by atoms with Gasteiger partial charge in [-0.05, 0) is 0 Å². The Kier molecular flexibility index (Phi) is 28.5. The molecule has 0 aromatic carbocycles. The molecule has 0 N–H and O–H groups in total. The molecule has 0 bridgehead atoms. The van der Waals surface area contributed by atoms with Crippen LogP contribution in [0, 0.1) is 6.92 Å². The van der Waals surface area contributed by atoms with Crippen LogP contribution in [0.15, 0.2) is 0 Å². The maximum absolute atomic E-state index is 3.78. The molecule has 0 aliphatic heterocycles. The summed E-state index contributed by atoms with van der Waals surface area (Å²) in [4.78, 5) is 0. The normalized spacial score (nSPS) is 7.80. The van der Waals surface area contributed by atoms with Gasteiger partial charge in [-0.15, -0.1) is 0 Å². The Labute approximate surface area is 87.7 Å². The van der Waals surface area contributed by atoms with Gasteiger partial charge in [0.2, 0.25) is 0 Å². The summed E-state index contributed by atoms with van der Waals surface area (Å²) in [6, 6.07) is 0. The van der Waals surface area contributed by atoms with Crippen molar-refractivity contribution in [3.63, 3.8) is 0 Å². The van der Waals surface area contributed by atoms with Crippen molar-refractivity contribution in [2.45, 2.75) is 45.4 Å². The molecule has 0 fully saturated rings. The molecule has 10 heavy (non-hydrogen) atoms. The first-order valence-electron chi connectivity index (χ1n) is 3.71. The minimum absolute atomic E-state index is 0. The van der Waals surface area contributed by atoms with Crippen LogP contribution in [0.25, 0.3) is 0 Å². The summed E-state index contributed by atoms with van der Waals surface area (Å²) in [5.41, 5.74) is 0. The van der Waals surface area contributed by atoms with E-state index in [9.17, 15) is 0 Å². The van der Waals surface area contributed by atoms with Gasteiger partial charge in [-0.1, -0.05) is 39.0 Å². The van der Waals surface area contributed by atoms with Crippen molar-refractivity contribution in [1.29, 1.82) is 0 Å². The molecule has 2 heteroatoms. The van der Waals surface area contributed by atoms with Crippen molar-refractivity contribution >= 4 is 23.1 Å². The molecule has 0 saturated heterocycles. The van der Waals surface area contributed by atoms with Crippen molar-refractivity contribution in [2.24, 2.45) is 0 Å². The molecule has 0 aromatic heterocycles. The minimum atomic E-state index is 0. The van der Waals surface area contributed by atoms with Crippen LogP contribution < -0.4 is 12.4 Å². The second kappa shape index (κ2) is 16.6. The van der Waals surface area contributed by atoms with Gasteiger partial charge in [0, 0.05) is 0 Å². The second-order valence-electron chi connectivity index (χ2n) is 2.27. The van der Waals surface area contributed by atoms with Crippen LogP contribution in [-0.4, -0.2) is 23.1 Å². The Morgan fingerprint density at radius 3 is 1.90 bits per heavy atom. The fraction of sp³-hybridized carbons (Fsp3) is 0.875. The van der Waals surface area contributed by atoms with Gasteiger partial charge < -0.3 is 19.3 Å². The predicted molar refractivity (Wildman–Crippen MR) is 44.5 cm³/mol. The first kappa shape index (κ1) is 17.2. The van der Waals surface area contributed by atoms with E-state index in [0.717, 1.165) is 6.42 Å². The quantitative estimate of drug-likeness (QED) is 0.307. The third-order valence-electron chi connectivity index (χ3n) is 1.35. The van der Waals surface area contributed by atoms with E-state index in [0.29, 0.717) is 0 Å². The summed E-state index contributed by atoms with van der Waals surface area (Å²) in [6.07, 6.45) is 7.98. The van der Waals surface area contributed by atoms with Gasteiger partial charge in [0.25, 0.3) is 0 Å². The van der Waals surface area contributed by atoms with E-state index >= 15 is 0 Å². The van der Waals surface area contributed by atoms with Gasteiger partial charge in [-0.2, -0.15) is 6.42 Å². The smallest absolute Gasteiger partial charge is 1.00 e. The fourth-order valence-electron chi connectivity index (χ4n) is 0.780. The molecule has 0 unspecified atom stereocenters. The molecule has 0 aliphatic rings. The van der Waals surface area contributed by atoms with Crippen LogP contribution in [0.3, 0.4) is 0 Å². The van der Waals surface area contributed by atoms with E-state index in [4.69, 9.17) is 0 Å². The molecule has 0 rings (SSSR count). The van der Waals surface area contributed by atoms with E-state index in [2.05, 4.69) is 13.8 Å². The van der Waals surface area contributed by atoms with Gasteiger partial charge in [0.05, 0.1) is 0 Å². The zero-order chi connectivity index (χ0) is 6.24. The van der Waals surface area contributed by atoms with Gasteiger partial charge in [-0.25, -0.2) is 0 Å². The first-order valence-corrected chi connectivity index (χ1v) is 3.71. The summed E-state index contributed by atoms with van der Waals surface area (Å²) in [5.74, 6) is 0. The first-order chi connectivity index (χ1) is 3.91. The molecule has 0 amide bonds. The van der Waals surface area contributed by atoms with Crippen molar-refractivity contribution < 1.29 is 12.4 Å². The molecule has 0 aliphatic carbocycles. The summed E-state index contributed by atoms with van der Waals surface area (Å²) in [6.45, 7) is 6.02. The Bertz CT molecular complexity index is 34.2. The van der Waals surface area contributed by atoms with Crippen molar-refractivity contribution in [3.05, 3.63) is 6.92 Å². The SMILES string of the molecule is [CH2-]CCCCCCC.[Cl-].[Mg+2]. The van der Waals surface area contributed by atoms with Crippen LogP contribution in [0.5, 0.6) is 0 Å². The number of hydrogen-bond acceptors (Lipinski definition) is 0. The van der Waals surface area contributed by atoms with Crippen molar-refractivity contribution in [3.8, 4) is 0 Å². The fourth-order valence-corrected chi connectivity index (χ4v) is 0.780. The molecule has 0 heterocycles. The Hall–Kier alpha value is 1.06. The summed E-state index contributed by atoms with van der Waals surface area (Å²) < 4.78 is 0. The number of rotatable bonds is 5. The van der Waals surface area contributed by atoms with Crippen molar-refractivity contribution in [1.82, 2.24) is 0 Å². The van der Waals surface area contributed by atoms with Crippen LogP contribution in [0.2, 0.25) is 0 Å². The second-order valence-corrected chi connectivity index (χ2v) is 2.27. The Morgan fingerprint density at radius 1 is 1.00 bits per heavy atom. The topological polar surface area (TPSA) is 0 Å².